The van der Waals surface area contributed by atoms with E-state index in [0.29, 0.717) is 0 Å². The van der Waals surface area contributed by atoms with Gasteiger partial charge in [-0.3, -0.25) is 0 Å². The molecule has 110 valence electrons. The highest BCUT2D eigenvalue weighted by molar-refractivity contribution is 7.93. The van der Waals surface area contributed by atoms with E-state index in [0.717, 1.165) is 24.3 Å². The molecule has 0 aromatic heterocycles. The van der Waals surface area contributed by atoms with Crippen LogP contribution in [0.3, 0.4) is 0 Å². The topological polar surface area (TPSA) is 138 Å². The quantitative estimate of drug-likeness (QED) is 0.316. The zero-order chi connectivity index (χ0) is 15.1. The molecule has 0 aromatic carbocycles. The molecule has 7 nitrogen and oxygen atoms in total. The fraction of sp³-hybridized carbons (Fsp3) is 0.333. The zero-order valence-corrected chi connectivity index (χ0v) is 10.9. The summed E-state index contributed by atoms with van der Waals surface area (Å²) in [5, 5.41) is 56.1. The first-order valence-corrected chi connectivity index (χ1v) is 6.78. The van der Waals surface area contributed by atoms with Crippen LogP contribution in [0.4, 0.5) is 0 Å². The fourth-order valence-corrected chi connectivity index (χ4v) is 2.82. The summed E-state index contributed by atoms with van der Waals surface area (Å²) < 4.78 is 12.2. The van der Waals surface area contributed by atoms with Gasteiger partial charge in [0.2, 0.25) is 11.6 Å². The Morgan fingerprint density at radius 1 is 0.850 bits per heavy atom. The molecule has 0 bridgehead atoms. The summed E-state index contributed by atoms with van der Waals surface area (Å²) in [6.07, 6.45) is 2.85. The van der Waals surface area contributed by atoms with Crippen molar-refractivity contribution < 1.29 is 34.8 Å². The molecule has 20 heavy (non-hydrogen) atoms. The summed E-state index contributed by atoms with van der Waals surface area (Å²) in [4.78, 5) is 0.199. The Kier molecular flexibility index (Phi) is 3.82. The third-order valence-electron chi connectivity index (χ3n) is 2.93. The first kappa shape index (κ1) is 15.3. The van der Waals surface area contributed by atoms with Crippen LogP contribution in [0.25, 0.3) is 0 Å². The molecular weight excluding hydrogens is 288 g/mol. The van der Waals surface area contributed by atoms with Gasteiger partial charge >= 0.3 is 0 Å². The second kappa shape index (κ2) is 5.01. The Morgan fingerprint density at radius 3 is 1.50 bits per heavy atom. The summed E-state index contributed by atoms with van der Waals surface area (Å²) in [7, 11) is -1.82. The van der Waals surface area contributed by atoms with Gasteiger partial charge in [0, 0.05) is 9.81 Å². The van der Waals surface area contributed by atoms with Crippen molar-refractivity contribution in [2.45, 2.75) is 23.8 Å². The van der Waals surface area contributed by atoms with Gasteiger partial charge in [0.1, 0.15) is 12.2 Å². The highest BCUT2D eigenvalue weighted by atomic mass is 32.2. The second-order valence-corrected chi connectivity index (χ2v) is 6.01. The number of aliphatic hydroxyl groups excluding tert-OH is 2. The van der Waals surface area contributed by atoms with Crippen molar-refractivity contribution in [2.24, 2.45) is 0 Å². The lowest BCUT2D eigenvalue weighted by molar-refractivity contribution is -0.174. The molecule has 2 rings (SSSR count). The maximum atomic E-state index is 12.2. The molecule has 6 N–H and O–H groups in total. The minimum Gasteiger partial charge on any atom is -0.383 e. The lowest BCUT2D eigenvalue weighted by atomic mass is 10.1. The van der Waals surface area contributed by atoms with Gasteiger partial charge in [0.05, 0.1) is 10.8 Å². The summed E-state index contributed by atoms with van der Waals surface area (Å²) in [5.74, 6) is -4.84. The van der Waals surface area contributed by atoms with Crippen LogP contribution in [-0.4, -0.2) is 58.6 Å². The molecular formula is C12H14O7S. The standard InChI is InChI=1S/C12H14O7S/c13-9-5-7(1-3-11(9,15)16)20(19)8-2-4-12(17,18)10(14)6-8/h1-6,9-10,13-18H. The zero-order valence-electron chi connectivity index (χ0n) is 10.1. The first-order chi connectivity index (χ1) is 9.13. The molecule has 0 radical (unpaired) electrons. The highest BCUT2D eigenvalue weighted by Crippen LogP contribution is 2.27. The number of hydrogen-bond acceptors (Lipinski definition) is 7. The lowest BCUT2D eigenvalue weighted by Gasteiger charge is -2.27. The smallest absolute Gasteiger partial charge is 0.213 e. The van der Waals surface area contributed by atoms with Crippen LogP contribution < -0.4 is 0 Å². The van der Waals surface area contributed by atoms with Gasteiger partial charge in [-0.1, -0.05) is 0 Å². The second-order valence-electron chi connectivity index (χ2n) is 4.53. The van der Waals surface area contributed by atoms with E-state index in [1.807, 2.05) is 0 Å². The van der Waals surface area contributed by atoms with Crippen LogP contribution in [-0.2, 0) is 10.8 Å². The monoisotopic (exact) mass is 302 g/mol. The van der Waals surface area contributed by atoms with Crippen LogP contribution in [0.5, 0.6) is 0 Å². The average molecular weight is 302 g/mol. The molecule has 0 amide bonds. The Morgan fingerprint density at radius 2 is 1.20 bits per heavy atom. The highest BCUT2D eigenvalue weighted by Gasteiger charge is 2.35. The van der Waals surface area contributed by atoms with E-state index >= 15 is 0 Å². The first-order valence-electron chi connectivity index (χ1n) is 5.63. The van der Waals surface area contributed by atoms with Crippen molar-refractivity contribution in [1.29, 1.82) is 0 Å². The van der Waals surface area contributed by atoms with Crippen LogP contribution in [0, 0.1) is 0 Å². The summed E-state index contributed by atoms with van der Waals surface area (Å²) in [6.45, 7) is 0. The largest absolute Gasteiger partial charge is 0.383 e. The van der Waals surface area contributed by atoms with Crippen LogP contribution >= 0.6 is 0 Å². The van der Waals surface area contributed by atoms with Gasteiger partial charge in [-0.2, -0.15) is 0 Å². The van der Waals surface area contributed by atoms with E-state index in [9.17, 15) is 34.8 Å². The normalized spacial score (nSPS) is 32.5. The number of aliphatic hydroxyl groups is 6. The van der Waals surface area contributed by atoms with Gasteiger partial charge in [-0.25, -0.2) is 4.21 Å². The van der Waals surface area contributed by atoms with Gasteiger partial charge in [-0.15, -0.1) is 0 Å². The van der Waals surface area contributed by atoms with Gasteiger partial charge in [0.25, 0.3) is 0 Å². The number of rotatable bonds is 2. The number of allylic oxidation sites excluding steroid dienone is 2. The molecule has 0 heterocycles. The summed E-state index contributed by atoms with van der Waals surface area (Å²) in [5.41, 5.74) is 0. The molecule has 0 aliphatic heterocycles. The molecule has 8 heteroatoms. The van der Waals surface area contributed by atoms with E-state index in [4.69, 9.17) is 0 Å². The van der Waals surface area contributed by atoms with E-state index in [1.165, 1.54) is 12.2 Å². The average Bonchev–Trinajstić information content (AvgIpc) is 2.35. The Hall–Kier alpha value is -1.13. The summed E-state index contributed by atoms with van der Waals surface area (Å²) in [6, 6.07) is 0. The van der Waals surface area contributed by atoms with Crippen molar-refractivity contribution in [3.8, 4) is 0 Å². The Labute approximate surface area is 116 Å². The van der Waals surface area contributed by atoms with Crippen molar-refractivity contribution in [3.63, 3.8) is 0 Å². The Bertz CT molecular complexity index is 508. The third kappa shape index (κ3) is 2.81. The van der Waals surface area contributed by atoms with Crippen LogP contribution in [0.15, 0.2) is 46.3 Å². The van der Waals surface area contributed by atoms with E-state index in [-0.39, 0.29) is 9.81 Å². The minimum absolute atomic E-state index is 0.0997. The summed E-state index contributed by atoms with van der Waals surface area (Å²) >= 11 is 0. The lowest BCUT2D eigenvalue weighted by Crippen LogP contribution is -2.41. The Balaban J connectivity index is 2.23. The maximum absolute atomic E-state index is 12.2. The molecule has 2 unspecified atom stereocenters. The van der Waals surface area contributed by atoms with Gasteiger partial charge < -0.3 is 30.6 Å². The van der Waals surface area contributed by atoms with Crippen LogP contribution in [0.2, 0.25) is 0 Å². The van der Waals surface area contributed by atoms with Crippen molar-refractivity contribution in [2.75, 3.05) is 0 Å². The molecule has 2 aliphatic carbocycles. The van der Waals surface area contributed by atoms with Crippen molar-refractivity contribution >= 4 is 10.8 Å². The van der Waals surface area contributed by atoms with E-state index in [2.05, 4.69) is 0 Å². The predicted octanol–water partition coefficient (Wildman–Crippen LogP) is -2.27. The third-order valence-corrected chi connectivity index (χ3v) is 4.33. The maximum Gasteiger partial charge on any atom is 0.213 e. The SMILES string of the molecule is O=S(C1=CC(O)C(O)(O)C=C1)C1=CC(O)C(O)(O)C=C1. The van der Waals surface area contributed by atoms with E-state index < -0.39 is 34.6 Å². The van der Waals surface area contributed by atoms with Crippen molar-refractivity contribution in [1.82, 2.24) is 0 Å². The van der Waals surface area contributed by atoms with Crippen molar-refractivity contribution in [3.05, 3.63) is 46.3 Å². The predicted molar refractivity (Wildman–Crippen MR) is 68.9 cm³/mol. The number of hydrogen-bond donors (Lipinski definition) is 6. The van der Waals surface area contributed by atoms with E-state index in [1.54, 1.807) is 0 Å². The molecule has 0 saturated carbocycles. The minimum atomic E-state index is -2.42. The van der Waals surface area contributed by atoms with Gasteiger partial charge in [0.15, 0.2) is 0 Å². The fourth-order valence-electron chi connectivity index (χ4n) is 1.66. The van der Waals surface area contributed by atoms with Gasteiger partial charge in [-0.05, 0) is 36.5 Å². The molecule has 0 spiro atoms. The molecule has 0 fully saturated rings. The van der Waals surface area contributed by atoms with Crippen LogP contribution in [0.1, 0.15) is 0 Å². The molecule has 2 aliphatic rings. The molecule has 2 atom stereocenters. The molecule has 0 saturated heterocycles. The molecule has 0 aromatic rings.